The Morgan fingerprint density at radius 2 is 1.85 bits per heavy atom. The van der Waals surface area contributed by atoms with Crippen molar-refractivity contribution in [3.05, 3.63) is 65.2 Å². The molecule has 0 aliphatic heterocycles. The van der Waals surface area contributed by atoms with Crippen LogP contribution >= 0.6 is 0 Å². The summed E-state index contributed by atoms with van der Waals surface area (Å²) in [6.07, 6.45) is 0. The van der Waals surface area contributed by atoms with Gasteiger partial charge in [-0.15, -0.1) is 0 Å². The van der Waals surface area contributed by atoms with Crippen LogP contribution in [0.5, 0.6) is 0 Å². The molecular formula is C17H19N3. The van der Waals surface area contributed by atoms with E-state index in [1.54, 1.807) is 0 Å². The molecule has 0 saturated carbocycles. The number of rotatable bonds is 5. The highest BCUT2D eigenvalue weighted by Crippen LogP contribution is 2.26. The summed E-state index contributed by atoms with van der Waals surface area (Å²) in [7, 11) is 0. The molecule has 2 N–H and O–H groups in total. The minimum atomic E-state index is 0.562. The average Bonchev–Trinajstić information content (AvgIpc) is 2.47. The summed E-state index contributed by atoms with van der Waals surface area (Å²) in [4.78, 5) is 2.18. The van der Waals surface area contributed by atoms with Gasteiger partial charge in [0.05, 0.1) is 11.3 Å². The van der Waals surface area contributed by atoms with Crippen molar-refractivity contribution in [3.63, 3.8) is 0 Å². The van der Waals surface area contributed by atoms with Crippen LogP contribution in [0.2, 0.25) is 0 Å². The highest BCUT2D eigenvalue weighted by molar-refractivity contribution is 5.64. The molecule has 3 heteroatoms. The summed E-state index contributed by atoms with van der Waals surface area (Å²) in [5.74, 6) is 0. The number of para-hydroxylation sites is 1. The van der Waals surface area contributed by atoms with Gasteiger partial charge in [-0.25, -0.2) is 0 Å². The first-order chi connectivity index (χ1) is 9.76. The number of nitrogens with two attached hydrogens (primary N) is 1. The predicted octanol–water partition coefficient (Wildman–Crippen LogP) is 2.83. The number of hydrogen-bond acceptors (Lipinski definition) is 3. The minimum absolute atomic E-state index is 0.562. The molecular weight excluding hydrogens is 246 g/mol. The molecule has 0 aromatic heterocycles. The van der Waals surface area contributed by atoms with Crippen molar-refractivity contribution in [1.29, 1.82) is 5.26 Å². The molecule has 0 atom stereocenters. The minimum Gasteiger partial charge on any atom is -0.365 e. The highest BCUT2D eigenvalue weighted by Gasteiger charge is 2.13. The van der Waals surface area contributed by atoms with Gasteiger partial charge in [0.15, 0.2) is 0 Å². The maximum atomic E-state index is 9.32. The molecule has 3 nitrogen and oxygen atoms in total. The Morgan fingerprint density at radius 1 is 1.10 bits per heavy atom. The average molecular weight is 265 g/mol. The van der Waals surface area contributed by atoms with Crippen LogP contribution < -0.4 is 10.6 Å². The maximum Gasteiger partial charge on any atom is 0.101 e. The summed E-state index contributed by atoms with van der Waals surface area (Å²) >= 11 is 0. The van der Waals surface area contributed by atoms with E-state index in [9.17, 15) is 5.26 Å². The molecule has 0 fully saturated rings. The van der Waals surface area contributed by atoms with Crippen molar-refractivity contribution < 1.29 is 0 Å². The first-order valence-electron chi connectivity index (χ1n) is 6.75. The fourth-order valence-corrected chi connectivity index (χ4v) is 2.40. The molecule has 20 heavy (non-hydrogen) atoms. The second-order valence-corrected chi connectivity index (χ2v) is 4.78. The van der Waals surface area contributed by atoms with E-state index in [0.717, 1.165) is 24.3 Å². The summed E-state index contributed by atoms with van der Waals surface area (Å²) in [5, 5.41) is 9.32. The SMILES string of the molecule is Cc1cccc(C#N)c1N(CCN)Cc1ccccc1. The Balaban J connectivity index is 2.37. The molecule has 0 aliphatic rings. The third-order valence-corrected chi connectivity index (χ3v) is 3.29. The lowest BCUT2D eigenvalue weighted by atomic mass is 10.1. The third-order valence-electron chi connectivity index (χ3n) is 3.29. The predicted molar refractivity (Wildman–Crippen MR) is 82.4 cm³/mol. The van der Waals surface area contributed by atoms with Gasteiger partial charge in [0, 0.05) is 19.6 Å². The van der Waals surface area contributed by atoms with E-state index in [1.807, 2.05) is 43.3 Å². The van der Waals surface area contributed by atoms with Crippen LogP contribution in [0.1, 0.15) is 16.7 Å². The molecule has 2 rings (SSSR count). The van der Waals surface area contributed by atoms with E-state index in [4.69, 9.17) is 5.73 Å². The van der Waals surface area contributed by atoms with Crippen molar-refractivity contribution in [2.45, 2.75) is 13.5 Å². The molecule has 0 unspecified atom stereocenters. The summed E-state index contributed by atoms with van der Waals surface area (Å²) < 4.78 is 0. The van der Waals surface area contributed by atoms with Gasteiger partial charge in [0.2, 0.25) is 0 Å². The van der Waals surface area contributed by atoms with Crippen molar-refractivity contribution in [1.82, 2.24) is 0 Å². The van der Waals surface area contributed by atoms with Crippen LogP contribution in [0.15, 0.2) is 48.5 Å². The molecule has 0 radical (unpaired) electrons. The number of anilines is 1. The Hall–Kier alpha value is -2.31. The number of hydrogen-bond donors (Lipinski definition) is 1. The van der Waals surface area contributed by atoms with Crippen molar-refractivity contribution in [2.24, 2.45) is 5.73 Å². The van der Waals surface area contributed by atoms with Crippen LogP contribution in [-0.2, 0) is 6.54 Å². The summed E-state index contributed by atoms with van der Waals surface area (Å²) in [6.45, 7) is 4.09. The van der Waals surface area contributed by atoms with E-state index in [0.29, 0.717) is 12.1 Å². The summed E-state index contributed by atoms with van der Waals surface area (Å²) in [6, 6.07) is 18.3. The van der Waals surface area contributed by atoms with Crippen molar-refractivity contribution in [2.75, 3.05) is 18.0 Å². The molecule has 0 heterocycles. The van der Waals surface area contributed by atoms with Crippen LogP contribution in [0.25, 0.3) is 0 Å². The Bertz CT molecular complexity index is 599. The fourth-order valence-electron chi connectivity index (χ4n) is 2.40. The lowest BCUT2D eigenvalue weighted by molar-refractivity contribution is 0.786. The van der Waals surface area contributed by atoms with Crippen LogP contribution in [0, 0.1) is 18.3 Å². The number of benzene rings is 2. The lowest BCUT2D eigenvalue weighted by Gasteiger charge is -2.27. The molecule has 2 aromatic carbocycles. The van der Waals surface area contributed by atoms with Gasteiger partial charge in [0.1, 0.15) is 6.07 Å². The monoisotopic (exact) mass is 265 g/mol. The van der Waals surface area contributed by atoms with Gasteiger partial charge >= 0.3 is 0 Å². The zero-order chi connectivity index (χ0) is 14.4. The largest absolute Gasteiger partial charge is 0.365 e. The Morgan fingerprint density at radius 3 is 2.50 bits per heavy atom. The van der Waals surface area contributed by atoms with Gasteiger partial charge in [-0.1, -0.05) is 42.5 Å². The van der Waals surface area contributed by atoms with Crippen LogP contribution in [0.3, 0.4) is 0 Å². The number of nitriles is 1. The number of aryl methyl sites for hydroxylation is 1. The van der Waals surface area contributed by atoms with E-state index >= 15 is 0 Å². The van der Waals surface area contributed by atoms with E-state index in [1.165, 1.54) is 5.56 Å². The first kappa shape index (κ1) is 14.1. The fraction of sp³-hybridized carbons (Fsp3) is 0.235. The molecule has 102 valence electrons. The molecule has 0 amide bonds. The van der Waals surface area contributed by atoms with Gasteiger partial charge in [-0.2, -0.15) is 5.26 Å². The van der Waals surface area contributed by atoms with Gasteiger partial charge < -0.3 is 10.6 Å². The molecule has 0 spiro atoms. The lowest BCUT2D eigenvalue weighted by Crippen LogP contribution is -2.30. The third kappa shape index (κ3) is 3.17. The van der Waals surface area contributed by atoms with Crippen LogP contribution in [0.4, 0.5) is 5.69 Å². The number of nitrogens with zero attached hydrogens (tertiary/aromatic N) is 2. The van der Waals surface area contributed by atoms with Crippen molar-refractivity contribution in [3.8, 4) is 6.07 Å². The van der Waals surface area contributed by atoms with Gasteiger partial charge in [-0.3, -0.25) is 0 Å². The van der Waals surface area contributed by atoms with E-state index < -0.39 is 0 Å². The Kier molecular flexibility index (Phi) is 4.75. The zero-order valence-electron chi connectivity index (χ0n) is 11.7. The standard InChI is InChI=1S/C17H19N3/c1-14-6-5-9-16(12-19)17(14)20(11-10-18)13-15-7-3-2-4-8-15/h2-9H,10-11,13,18H2,1H3. The van der Waals surface area contributed by atoms with Crippen molar-refractivity contribution >= 4 is 5.69 Å². The van der Waals surface area contributed by atoms with Gasteiger partial charge in [-0.05, 0) is 24.1 Å². The smallest absolute Gasteiger partial charge is 0.101 e. The maximum absolute atomic E-state index is 9.32. The molecule has 0 bridgehead atoms. The van der Waals surface area contributed by atoms with Crippen LogP contribution in [-0.4, -0.2) is 13.1 Å². The summed E-state index contributed by atoms with van der Waals surface area (Å²) in [5.41, 5.74) is 9.75. The topological polar surface area (TPSA) is 53.0 Å². The highest BCUT2D eigenvalue weighted by atomic mass is 15.1. The van der Waals surface area contributed by atoms with Gasteiger partial charge in [0.25, 0.3) is 0 Å². The second kappa shape index (κ2) is 6.74. The second-order valence-electron chi connectivity index (χ2n) is 4.78. The van der Waals surface area contributed by atoms with E-state index in [2.05, 4.69) is 23.1 Å². The quantitative estimate of drug-likeness (QED) is 0.904. The first-order valence-corrected chi connectivity index (χ1v) is 6.75. The van der Waals surface area contributed by atoms with E-state index in [-0.39, 0.29) is 0 Å². The molecule has 0 saturated heterocycles. The Labute approximate surface area is 120 Å². The molecule has 2 aromatic rings. The molecule has 0 aliphatic carbocycles. The zero-order valence-corrected chi connectivity index (χ0v) is 11.7. The normalized spacial score (nSPS) is 10.1.